The van der Waals surface area contributed by atoms with Crippen LogP contribution in [0.1, 0.15) is 35.3 Å². The number of benzene rings is 1. The maximum absolute atomic E-state index is 12.7. The van der Waals surface area contributed by atoms with Crippen LogP contribution in [0.2, 0.25) is 0 Å². The summed E-state index contributed by atoms with van der Waals surface area (Å²) in [6.45, 7) is 2.06. The third kappa shape index (κ3) is 6.28. The normalized spacial score (nSPS) is 12.5. The van der Waals surface area contributed by atoms with Crippen molar-refractivity contribution in [3.8, 4) is 5.69 Å². The number of thiazole rings is 1. The summed E-state index contributed by atoms with van der Waals surface area (Å²) < 4.78 is 6.89. The Morgan fingerprint density at radius 3 is 2.81 bits per heavy atom. The van der Waals surface area contributed by atoms with Gasteiger partial charge in [-0.2, -0.15) is 0 Å². The van der Waals surface area contributed by atoms with Crippen molar-refractivity contribution in [1.82, 2.24) is 29.7 Å². The SMILES string of the molecule is CCOC(=O)Cc1csc(NC(=O)CSc2nnc(CSc3nc(N)c4c5c(sc4n3)CCC5)n2-c2ccccc2)n1. The highest BCUT2D eigenvalue weighted by molar-refractivity contribution is 7.99. The highest BCUT2D eigenvalue weighted by Crippen LogP contribution is 2.39. The van der Waals surface area contributed by atoms with E-state index in [-0.39, 0.29) is 24.1 Å². The number of nitrogens with zero attached hydrogens (tertiary/aromatic N) is 6. The minimum Gasteiger partial charge on any atom is -0.466 e. The molecule has 1 aliphatic carbocycles. The summed E-state index contributed by atoms with van der Waals surface area (Å²) in [6.07, 6.45) is 3.34. The van der Waals surface area contributed by atoms with Gasteiger partial charge in [0.05, 0.1) is 35.6 Å². The molecule has 4 heterocycles. The number of carbonyl (C=O) groups is 2. The number of aryl methyl sites for hydroxylation is 2. The monoisotopic (exact) mass is 638 g/mol. The number of hydrogen-bond acceptors (Lipinski definition) is 13. The Morgan fingerprint density at radius 2 is 1.98 bits per heavy atom. The molecule has 0 radical (unpaired) electrons. The predicted molar refractivity (Wildman–Crippen MR) is 167 cm³/mol. The van der Waals surface area contributed by atoms with Crippen molar-refractivity contribution in [1.29, 1.82) is 0 Å². The first-order valence-corrected chi connectivity index (χ1v) is 16.9. The second-order valence-electron chi connectivity index (χ2n) is 9.25. The molecule has 5 aromatic rings. The fourth-order valence-corrected chi connectivity index (χ4v) is 8.20. The fraction of sp³-hybridized carbons (Fsp3) is 0.296. The van der Waals surface area contributed by atoms with Gasteiger partial charge in [0.1, 0.15) is 16.5 Å². The molecule has 42 heavy (non-hydrogen) atoms. The van der Waals surface area contributed by atoms with Gasteiger partial charge in [-0.1, -0.05) is 41.7 Å². The van der Waals surface area contributed by atoms with Gasteiger partial charge in [-0.05, 0) is 43.9 Å². The van der Waals surface area contributed by atoms with E-state index in [9.17, 15) is 9.59 Å². The third-order valence-corrected chi connectivity index (χ3v) is 10.1. The van der Waals surface area contributed by atoms with E-state index in [0.717, 1.165) is 35.2 Å². The minimum atomic E-state index is -0.351. The lowest BCUT2D eigenvalue weighted by Gasteiger charge is -2.10. The molecule has 1 aliphatic rings. The summed E-state index contributed by atoms with van der Waals surface area (Å²) in [5, 5.41) is 16.0. The number of thioether (sulfide) groups is 2. The van der Waals surface area contributed by atoms with Gasteiger partial charge in [0.25, 0.3) is 0 Å². The smallest absolute Gasteiger partial charge is 0.311 e. The van der Waals surface area contributed by atoms with E-state index < -0.39 is 0 Å². The Hall–Kier alpha value is -3.53. The highest BCUT2D eigenvalue weighted by atomic mass is 32.2. The molecule has 3 N–H and O–H groups in total. The Bertz CT molecular complexity index is 1750. The standard InChI is InChI=1S/C27H26N8O3S4/c1-2-38-21(37)11-15-12-39-25(29-15)30-20(36)14-41-27-34-33-19(35(27)16-7-4-3-5-8-16)13-40-26-31-23(28)22-17-9-6-10-18(17)42-24(22)32-26/h3-5,7-8,12H,2,6,9-11,13-14H2,1H3,(H2,28,31,32)(H,29,30,36). The summed E-state index contributed by atoms with van der Waals surface area (Å²) >= 11 is 5.70. The molecule has 6 rings (SSSR count). The number of anilines is 2. The van der Waals surface area contributed by atoms with Crippen LogP contribution in [0.15, 0.2) is 46.0 Å². The first-order valence-electron chi connectivity index (χ1n) is 13.2. The van der Waals surface area contributed by atoms with Crippen LogP contribution in [-0.4, -0.2) is 54.0 Å². The average molecular weight is 639 g/mol. The zero-order valence-corrected chi connectivity index (χ0v) is 25.8. The number of esters is 1. The van der Waals surface area contributed by atoms with E-state index in [4.69, 9.17) is 15.5 Å². The van der Waals surface area contributed by atoms with Crippen molar-refractivity contribution in [3.63, 3.8) is 0 Å². The highest BCUT2D eigenvalue weighted by Gasteiger charge is 2.22. The number of para-hydroxylation sites is 1. The number of amides is 1. The molecule has 1 aromatic carbocycles. The van der Waals surface area contributed by atoms with Crippen LogP contribution in [0.5, 0.6) is 0 Å². The average Bonchev–Trinajstić information content (AvgIpc) is 3.76. The molecule has 0 unspecified atom stereocenters. The molecule has 11 nitrogen and oxygen atoms in total. The van der Waals surface area contributed by atoms with Gasteiger partial charge >= 0.3 is 5.97 Å². The number of nitrogens with two attached hydrogens (primary N) is 1. The van der Waals surface area contributed by atoms with Crippen LogP contribution in [0.3, 0.4) is 0 Å². The van der Waals surface area contributed by atoms with Crippen molar-refractivity contribution in [2.75, 3.05) is 23.4 Å². The summed E-state index contributed by atoms with van der Waals surface area (Å²) in [7, 11) is 0. The molecule has 0 bridgehead atoms. The molecule has 4 aromatic heterocycles. The molecule has 0 fully saturated rings. The van der Waals surface area contributed by atoms with E-state index in [2.05, 4.69) is 25.5 Å². The van der Waals surface area contributed by atoms with Crippen LogP contribution >= 0.6 is 46.2 Å². The quantitative estimate of drug-likeness (QED) is 0.115. The molecular formula is C27H26N8O3S4. The summed E-state index contributed by atoms with van der Waals surface area (Å²) in [4.78, 5) is 40.4. The summed E-state index contributed by atoms with van der Waals surface area (Å²) in [5.74, 6) is 1.21. The van der Waals surface area contributed by atoms with Gasteiger partial charge < -0.3 is 15.8 Å². The Kier molecular flexibility index (Phi) is 8.69. The molecule has 15 heteroatoms. The summed E-state index contributed by atoms with van der Waals surface area (Å²) in [5.41, 5.74) is 9.12. The van der Waals surface area contributed by atoms with E-state index >= 15 is 0 Å². The van der Waals surface area contributed by atoms with Crippen molar-refractivity contribution in [2.45, 2.75) is 48.7 Å². The zero-order valence-electron chi connectivity index (χ0n) is 22.5. The third-order valence-electron chi connectivity index (χ3n) is 6.38. The number of hydrogen-bond donors (Lipinski definition) is 2. The minimum absolute atomic E-state index is 0.0663. The maximum atomic E-state index is 12.7. The molecule has 1 amide bonds. The lowest BCUT2D eigenvalue weighted by Crippen LogP contribution is -2.15. The lowest BCUT2D eigenvalue weighted by molar-refractivity contribution is -0.142. The molecule has 0 saturated carbocycles. The van der Waals surface area contributed by atoms with Gasteiger partial charge in [-0.3, -0.25) is 14.2 Å². The van der Waals surface area contributed by atoms with Crippen molar-refractivity contribution in [3.05, 3.63) is 57.7 Å². The van der Waals surface area contributed by atoms with Crippen molar-refractivity contribution < 1.29 is 14.3 Å². The van der Waals surface area contributed by atoms with Crippen LogP contribution in [0.4, 0.5) is 10.9 Å². The molecule has 0 atom stereocenters. The number of rotatable bonds is 11. The van der Waals surface area contributed by atoms with Crippen LogP contribution < -0.4 is 11.1 Å². The van der Waals surface area contributed by atoms with Crippen molar-refractivity contribution in [2.24, 2.45) is 0 Å². The van der Waals surface area contributed by atoms with E-state index in [1.807, 2.05) is 34.9 Å². The maximum Gasteiger partial charge on any atom is 0.311 e. The number of ether oxygens (including phenoxy) is 1. The van der Waals surface area contributed by atoms with Gasteiger partial charge in [0.15, 0.2) is 15.4 Å². The summed E-state index contributed by atoms with van der Waals surface area (Å²) in [6, 6.07) is 9.76. The molecule has 0 spiro atoms. The lowest BCUT2D eigenvalue weighted by atomic mass is 10.2. The zero-order chi connectivity index (χ0) is 29.1. The van der Waals surface area contributed by atoms with E-state index in [1.165, 1.54) is 45.3 Å². The van der Waals surface area contributed by atoms with E-state index in [1.54, 1.807) is 23.6 Å². The topological polar surface area (TPSA) is 151 Å². The number of nitrogen functional groups attached to an aromatic ring is 1. The van der Waals surface area contributed by atoms with Crippen LogP contribution in [0, 0.1) is 0 Å². The molecule has 216 valence electrons. The number of carbonyl (C=O) groups excluding carboxylic acids is 2. The number of thiophene rings is 1. The van der Waals surface area contributed by atoms with Gasteiger partial charge in [-0.15, -0.1) is 32.9 Å². The van der Waals surface area contributed by atoms with Crippen molar-refractivity contribution >= 4 is 79.2 Å². The molecule has 0 aliphatic heterocycles. The molecule has 0 saturated heterocycles. The number of fused-ring (bicyclic) bond motifs is 3. The second kappa shape index (κ2) is 12.8. The first kappa shape index (κ1) is 28.6. The molecular weight excluding hydrogens is 613 g/mol. The van der Waals surface area contributed by atoms with Gasteiger partial charge in [-0.25, -0.2) is 15.0 Å². The predicted octanol–water partition coefficient (Wildman–Crippen LogP) is 4.93. The Labute approximate surface area is 257 Å². The van der Waals surface area contributed by atoms with Crippen LogP contribution in [0.25, 0.3) is 15.9 Å². The first-order chi connectivity index (χ1) is 20.5. The second-order valence-corrected chi connectivity index (χ2v) is 13.1. The fourth-order valence-electron chi connectivity index (χ4n) is 4.61. The Balaban J connectivity index is 1.14. The van der Waals surface area contributed by atoms with Gasteiger partial charge in [0, 0.05) is 15.9 Å². The number of nitrogens with one attached hydrogen (secondary N) is 1. The van der Waals surface area contributed by atoms with Gasteiger partial charge in [0.2, 0.25) is 5.91 Å². The Morgan fingerprint density at radius 1 is 1.12 bits per heavy atom. The number of aromatic nitrogens is 6. The largest absolute Gasteiger partial charge is 0.466 e. The van der Waals surface area contributed by atoms with Crippen LogP contribution in [-0.2, 0) is 39.3 Å². The van der Waals surface area contributed by atoms with E-state index in [0.29, 0.717) is 45.1 Å².